The molecule has 2 fully saturated rings. The van der Waals surface area contributed by atoms with Gasteiger partial charge in [-0.15, -0.1) is 11.3 Å². The first-order chi connectivity index (χ1) is 17.0. The molecule has 1 amide bonds. The van der Waals surface area contributed by atoms with Crippen molar-refractivity contribution >= 4 is 45.3 Å². The molecule has 3 aromatic heterocycles. The minimum absolute atomic E-state index is 0.0829. The molecule has 5 heterocycles. The van der Waals surface area contributed by atoms with Crippen molar-refractivity contribution in [3.05, 3.63) is 71.0 Å². The van der Waals surface area contributed by atoms with Gasteiger partial charge in [0.25, 0.3) is 5.91 Å². The monoisotopic (exact) mass is 506 g/mol. The molecule has 2 aliphatic heterocycles. The quantitative estimate of drug-likeness (QED) is 0.372. The Labute approximate surface area is 213 Å². The Morgan fingerprint density at radius 1 is 0.971 bits per heavy atom. The van der Waals surface area contributed by atoms with E-state index in [1.54, 1.807) is 10.6 Å². The van der Waals surface area contributed by atoms with Crippen LogP contribution in [0.5, 0.6) is 5.88 Å². The highest BCUT2D eigenvalue weighted by Gasteiger charge is 2.39. The number of thiophene rings is 1. The molecule has 0 unspecified atom stereocenters. The largest absolute Gasteiger partial charge is 0.494 e. The molecule has 0 aliphatic carbocycles. The summed E-state index contributed by atoms with van der Waals surface area (Å²) in [6, 6.07) is 13.5. The molecule has 1 aromatic carbocycles. The van der Waals surface area contributed by atoms with Crippen LogP contribution in [0.25, 0.3) is 15.8 Å². The van der Waals surface area contributed by atoms with Crippen molar-refractivity contribution in [2.45, 2.75) is 25.7 Å². The number of carbonyl (C=O) groups excluding carboxylic acids is 1. The van der Waals surface area contributed by atoms with Crippen LogP contribution < -0.4 is 4.90 Å². The second-order valence-corrected chi connectivity index (χ2v) is 11.1. The summed E-state index contributed by atoms with van der Waals surface area (Å²) in [5.74, 6) is 0.184. The second-order valence-electron chi connectivity index (χ2n) is 9.65. The first-order valence-corrected chi connectivity index (χ1v) is 13.3. The molecule has 8 heteroatoms. The van der Waals surface area contributed by atoms with Gasteiger partial charge in [-0.2, -0.15) is 0 Å². The highest BCUT2D eigenvalue weighted by molar-refractivity contribution is 7.16. The number of piperidine rings is 2. The number of carbonyl (C=O) groups is 1. The zero-order chi connectivity index (χ0) is 24.0. The third kappa shape index (κ3) is 4.06. The normalized spacial score (nSPS) is 17.9. The lowest BCUT2D eigenvalue weighted by Gasteiger charge is -2.47. The smallest absolute Gasteiger partial charge is 0.263 e. The topological polar surface area (TPSA) is 61.6 Å². The van der Waals surface area contributed by atoms with Crippen LogP contribution in [0.3, 0.4) is 0 Å². The average molecular weight is 507 g/mol. The minimum Gasteiger partial charge on any atom is -0.494 e. The predicted octanol–water partition coefficient (Wildman–Crippen LogP) is 5.97. The SMILES string of the molecule is O=C(c1ccc(-n2cc3cccc(Cl)c3c2O)s1)N1CCC2(CC1)CCN(c1ccncc1)CC2. The third-order valence-electron chi connectivity index (χ3n) is 7.77. The van der Waals surface area contributed by atoms with Crippen LogP contribution in [-0.4, -0.2) is 51.6 Å². The molecule has 35 heavy (non-hydrogen) atoms. The standard InChI is InChI=1S/C27H27ClN4O2S/c28-21-3-1-2-19-18-32(26(34)24(19)21)23-5-4-22(35-23)25(33)31-16-10-27(11-17-31)8-14-30(15-9-27)20-6-12-29-13-7-20/h1-7,12-13,18,34H,8-11,14-17H2. The van der Waals surface area contributed by atoms with Crippen molar-refractivity contribution in [1.29, 1.82) is 0 Å². The second kappa shape index (κ2) is 8.88. The van der Waals surface area contributed by atoms with E-state index >= 15 is 0 Å². The van der Waals surface area contributed by atoms with Crippen molar-refractivity contribution in [1.82, 2.24) is 14.5 Å². The number of pyridine rings is 1. The van der Waals surface area contributed by atoms with Crippen LogP contribution in [-0.2, 0) is 0 Å². The Bertz CT molecular complexity index is 1360. The van der Waals surface area contributed by atoms with E-state index in [-0.39, 0.29) is 11.8 Å². The summed E-state index contributed by atoms with van der Waals surface area (Å²) in [6.45, 7) is 3.72. The zero-order valence-corrected chi connectivity index (χ0v) is 20.9. The number of fused-ring (bicyclic) bond motifs is 1. The lowest BCUT2D eigenvalue weighted by molar-refractivity contribution is 0.0519. The number of nitrogens with zero attached hydrogens (tertiary/aromatic N) is 4. The van der Waals surface area contributed by atoms with Gasteiger partial charge >= 0.3 is 0 Å². The summed E-state index contributed by atoms with van der Waals surface area (Å²) in [4.78, 5) is 22.6. The molecule has 2 aliphatic rings. The highest BCUT2D eigenvalue weighted by Crippen LogP contribution is 2.43. The molecule has 180 valence electrons. The van der Waals surface area contributed by atoms with Gasteiger partial charge in [0.1, 0.15) is 5.00 Å². The van der Waals surface area contributed by atoms with Crippen LogP contribution in [0, 0.1) is 5.41 Å². The minimum atomic E-state index is 0.0829. The van der Waals surface area contributed by atoms with E-state index in [2.05, 4.69) is 22.0 Å². The van der Waals surface area contributed by atoms with Gasteiger partial charge in [-0.05, 0) is 61.4 Å². The maximum Gasteiger partial charge on any atom is 0.263 e. The Morgan fingerprint density at radius 3 is 2.40 bits per heavy atom. The van der Waals surface area contributed by atoms with Crippen LogP contribution in [0.2, 0.25) is 5.02 Å². The summed E-state index contributed by atoms with van der Waals surface area (Å²) in [7, 11) is 0. The van der Waals surface area contributed by atoms with Crippen LogP contribution in [0.4, 0.5) is 5.69 Å². The average Bonchev–Trinajstić information content (AvgIpc) is 3.51. The molecule has 2 saturated heterocycles. The number of hydrogen-bond acceptors (Lipinski definition) is 5. The Morgan fingerprint density at radius 2 is 1.69 bits per heavy atom. The molecule has 4 aromatic rings. The third-order valence-corrected chi connectivity index (χ3v) is 9.16. The predicted molar refractivity (Wildman–Crippen MR) is 141 cm³/mol. The molecule has 0 saturated carbocycles. The molecule has 1 spiro atoms. The van der Waals surface area contributed by atoms with Gasteiger partial charge in [0, 0.05) is 55.8 Å². The van der Waals surface area contributed by atoms with Gasteiger partial charge in [0.15, 0.2) is 0 Å². The number of anilines is 1. The van der Waals surface area contributed by atoms with E-state index in [1.807, 2.05) is 47.8 Å². The van der Waals surface area contributed by atoms with E-state index in [4.69, 9.17) is 11.6 Å². The Balaban J connectivity index is 1.11. The number of amides is 1. The molecule has 1 N–H and O–H groups in total. The van der Waals surface area contributed by atoms with Gasteiger partial charge in [-0.3, -0.25) is 14.3 Å². The number of halogens is 1. The van der Waals surface area contributed by atoms with Crippen LogP contribution >= 0.6 is 22.9 Å². The van der Waals surface area contributed by atoms with Crippen molar-refractivity contribution in [2.24, 2.45) is 5.41 Å². The van der Waals surface area contributed by atoms with Crippen molar-refractivity contribution in [2.75, 3.05) is 31.1 Å². The number of rotatable bonds is 3. The summed E-state index contributed by atoms with van der Waals surface area (Å²) in [5, 5.41) is 13.6. The first-order valence-electron chi connectivity index (χ1n) is 12.1. The molecular formula is C27H27ClN4O2S. The van der Waals surface area contributed by atoms with Gasteiger partial charge < -0.3 is 14.9 Å². The summed E-state index contributed by atoms with van der Waals surface area (Å²) >= 11 is 7.69. The van der Waals surface area contributed by atoms with Crippen molar-refractivity contribution in [3.8, 4) is 10.9 Å². The van der Waals surface area contributed by atoms with Crippen molar-refractivity contribution in [3.63, 3.8) is 0 Å². The summed E-state index contributed by atoms with van der Waals surface area (Å²) in [6.07, 6.45) is 10.0. The Kier molecular flexibility index (Phi) is 5.69. The Hall–Kier alpha value is -3.03. The number of hydrogen-bond donors (Lipinski definition) is 1. The summed E-state index contributed by atoms with van der Waals surface area (Å²) in [5.41, 5.74) is 1.59. The maximum absolute atomic E-state index is 13.3. The molecule has 6 nitrogen and oxygen atoms in total. The van der Waals surface area contributed by atoms with E-state index < -0.39 is 0 Å². The fourth-order valence-electron chi connectivity index (χ4n) is 5.58. The zero-order valence-electron chi connectivity index (χ0n) is 19.4. The fraction of sp³-hybridized carbons (Fsp3) is 0.333. The van der Waals surface area contributed by atoms with Gasteiger partial charge in [0.2, 0.25) is 5.88 Å². The van der Waals surface area contributed by atoms with Crippen LogP contribution in [0.1, 0.15) is 35.4 Å². The number of aromatic nitrogens is 2. The maximum atomic E-state index is 13.3. The number of benzene rings is 1. The molecular weight excluding hydrogens is 480 g/mol. The van der Waals surface area contributed by atoms with E-state index in [0.29, 0.717) is 20.7 Å². The van der Waals surface area contributed by atoms with Gasteiger partial charge in [-0.1, -0.05) is 23.7 Å². The van der Waals surface area contributed by atoms with E-state index in [9.17, 15) is 9.90 Å². The van der Waals surface area contributed by atoms with Crippen LogP contribution in [0.15, 0.2) is 61.1 Å². The van der Waals surface area contributed by atoms with Gasteiger partial charge in [0.05, 0.1) is 15.3 Å². The summed E-state index contributed by atoms with van der Waals surface area (Å²) < 4.78 is 1.71. The highest BCUT2D eigenvalue weighted by atomic mass is 35.5. The molecule has 0 atom stereocenters. The van der Waals surface area contributed by atoms with E-state index in [1.165, 1.54) is 29.9 Å². The van der Waals surface area contributed by atoms with Crippen molar-refractivity contribution < 1.29 is 9.90 Å². The van der Waals surface area contributed by atoms with E-state index in [0.717, 1.165) is 49.4 Å². The molecule has 0 radical (unpaired) electrons. The lowest BCUT2D eigenvalue weighted by atomic mass is 9.71. The molecule has 0 bridgehead atoms. The fourth-order valence-corrected chi connectivity index (χ4v) is 6.80. The van der Waals surface area contributed by atoms with Gasteiger partial charge in [-0.25, -0.2) is 0 Å². The first kappa shape index (κ1) is 22.4. The number of likely N-dealkylation sites (tertiary alicyclic amines) is 1. The number of aromatic hydroxyl groups is 1. The lowest BCUT2D eigenvalue weighted by Crippen LogP contribution is -2.48. The molecule has 6 rings (SSSR count).